The number of amides is 1. The Morgan fingerprint density at radius 3 is 1.89 bits per heavy atom. The molecule has 2 bridgehead atoms. The second-order valence-corrected chi connectivity index (χ2v) is 15.8. The number of alkyl halides is 5. The molecule has 2 unspecified atom stereocenters. The zero-order valence-corrected chi connectivity index (χ0v) is 30.1. The van der Waals surface area contributed by atoms with Gasteiger partial charge in [0.2, 0.25) is 15.9 Å². The highest BCUT2D eigenvalue weighted by Gasteiger charge is 2.53. The summed E-state index contributed by atoms with van der Waals surface area (Å²) >= 11 is 0. The Kier molecular flexibility index (Phi) is 11.5. The highest BCUT2D eigenvalue weighted by atomic mass is 32.2. The summed E-state index contributed by atoms with van der Waals surface area (Å²) < 4.78 is 114. The predicted molar refractivity (Wildman–Crippen MR) is 191 cm³/mol. The van der Waals surface area contributed by atoms with Crippen molar-refractivity contribution in [3.63, 3.8) is 0 Å². The molecule has 294 valence electrons. The van der Waals surface area contributed by atoms with Gasteiger partial charge in [-0.25, -0.2) is 17.6 Å². The average Bonchev–Trinajstić information content (AvgIpc) is 3.75. The van der Waals surface area contributed by atoms with Crippen LogP contribution in [0.1, 0.15) is 56.9 Å². The summed E-state index contributed by atoms with van der Waals surface area (Å²) in [4.78, 5) is 24.2. The summed E-state index contributed by atoms with van der Waals surface area (Å²) in [5.74, 6) is -7.39. The van der Waals surface area contributed by atoms with E-state index < -0.39 is 51.4 Å². The maximum atomic E-state index is 16.6. The summed E-state index contributed by atoms with van der Waals surface area (Å²) in [6, 6.07) is 17.4. The molecule has 1 amide bonds. The quantitative estimate of drug-likeness (QED) is 0.149. The van der Waals surface area contributed by atoms with Crippen LogP contribution in [0.3, 0.4) is 0 Å². The third kappa shape index (κ3) is 9.08. The number of rotatable bonds is 9. The molecule has 4 aromatic rings. The number of sulfonamides is 1. The molecule has 3 aliphatic rings. The fourth-order valence-corrected chi connectivity index (χ4v) is 8.79. The Morgan fingerprint density at radius 1 is 0.800 bits per heavy atom. The minimum absolute atomic E-state index is 0.150. The molecule has 4 aromatic carbocycles. The monoisotopic (exact) mass is 791 g/mol. The number of nitrogens with one attached hydrogen (secondary N) is 1. The van der Waals surface area contributed by atoms with Gasteiger partial charge in [0, 0.05) is 23.7 Å². The number of carboxylic acids is 1. The molecule has 7 rings (SSSR count). The molecule has 1 aliphatic carbocycles. The van der Waals surface area contributed by atoms with Crippen LogP contribution in [0.2, 0.25) is 0 Å². The number of nitrogens with two attached hydrogens (primary N) is 1. The first-order valence-electron chi connectivity index (χ1n) is 17.8. The van der Waals surface area contributed by atoms with Gasteiger partial charge >= 0.3 is 12.1 Å². The number of hydrogen-bond donors (Lipinski definition) is 3. The van der Waals surface area contributed by atoms with Crippen LogP contribution in [-0.4, -0.2) is 66.7 Å². The predicted octanol–water partition coefficient (Wildman–Crippen LogP) is 7.52. The second-order valence-electron chi connectivity index (χ2n) is 14.1. The maximum absolute atomic E-state index is 16.6. The van der Waals surface area contributed by atoms with Crippen LogP contribution in [0, 0.1) is 5.82 Å². The molecular weight excluding hydrogens is 752 g/mol. The first-order valence-corrected chi connectivity index (χ1v) is 19.3. The molecule has 2 saturated heterocycles. The maximum Gasteiger partial charge on any atom is 0.490 e. The van der Waals surface area contributed by atoms with Crippen molar-refractivity contribution in [1.29, 1.82) is 0 Å². The molecule has 55 heavy (non-hydrogen) atoms. The van der Waals surface area contributed by atoms with Crippen molar-refractivity contribution in [1.82, 2.24) is 9.62 Å². The molecular formula is C39H39F6N3O6S. The number of piperidine rings is 1. The van der Waals surface area contributed by atoms with Gasteiger partial charge in [0.15, 0.2) is 6.04 Å². The van der Waals surface area contributed by atoms with Crippen LogP contribution in [0.5, 0.6) is 5.75 Å². The fourth-order valence-electron chi connectivity index (χ4n) is 7.57. The number of halogens is 6. The van der Waals surface area contributed by atoms with E-state index in [4.69, 9.17) is 20.4 Å². The number of fused-ring (bicyclic) bond motifs is 3. The number of hydrogen-bond acceptors (Lipinski definition) is 6. The Morgan fingerprint density at radius 2 is 1.33 bits per heavy atom. The van der Waals surface area contributed by atoms with E-state index in [1.807, 2.05) is 6.07 Å². The highest BCUT2D eigenvalue weighted by molar-refractivity contribution is 7.89. The van der Waals surface area contributed by atoms with Crippen molar-refractivity contribution < 1.29 is 54.2 Å². The van der Waals surface area contributed by atoms with E-state index in [2.05, 4.69) is 4.72 Å². The van der Waals surface area contributed by atoms with Crippen molar-refractivity contribution >= 4 is 32.7 Å². The average molecular weight is 792 g/mol. The largest absolute Gasteiger partial charge is 0.490 e. The number of carboxylic acid groups (broad SMARTS) is 1. The van der Waals surface area contributed by atoms with E-state index in [0.29, 0.717) is 47.9 Å². The normalized spacial score (nSPS) is 20.9. The lowest BCUT2D eigenvalue weighted by Gasteiger charge is -2.41. The van der Waals surface area contributed by atoms with Crippen LogP contribution in [-0.2, 0) is 25.5 Å². The Labute approximate surface area is 313 Å². The molecule has 16 heteroatoms. The van der Waals surface area contributed by atoms with Gasteiger partial charge in [0.1, 0.15) is 11.6 Å². The molecule has 0 aromatic heterocycles. The van der Waals surface area contributed by atoms with Crippen molar-refractivity contribution in [2.45, 2.75) is 98.6 Å². The van der Waals surface area contributed by atoms with E-state index in [1.165, 1.54) is 65.6 Å². The van der Waals surface area contributed by atoms with E-state index in [0.717, 1.165) is 31.1 Å². The molecule has 2 aliphatic heterocycles. The van der Waals surface area contributed by atoms with Gasteiger partial charge in [-0.15, -0.1) is 0 Å². The molecule has 2 heterocycles. The Balaban J connectivity index is 0.000000672. The van der Waals surface area contributed by atoms with Gasteiger partial charge in [-0.05, 0) is 110 Å². The van der Waals surface area contributed by atoms with Crippen molar-refractivity contribution in [3.05, 3.63) is 96.3 Å². The van der Waals surface area contributed by atoms with Crippen molar-refractivity contribution in [2.75, 3.05) is 0 Å². The van der Waals surface area contributed by atoms with Crippen molar-refractivity contribution in [3.8, 4) is 16.9 Å². The minimum Gasteiger partial charge on any atom is -0.490 e. The number of carbonyl (C=O) groups is 2. The SMILES string of the molecule is NC1CC2CCC(C1)N2C(=O)[C@H](NS(=O)(=O)c1ccc2cc(OC3CCCC3)ccc2c1)C(F)(F)c1ccc(-c2ccc(F)cc2)cc1.O=C(O)C(F)(F)F. The zero-order valence-electron chi connectivity index (χ0n) is 29.3. The van der Waals surface area contributed by atoms with Crippen LogP contribution in [0.4, 0.5) is 26.3 Å². The summed E-state index contributed by atoms with van der Waals surface area (Å²) in [5.41, 5.74) is 6.85. The van der Waals surface area contributed by atoms with Crippen molar-refractivity contribution in [2.24, 2.45) is 5.73 Å². The number of aliphatic carboxylic acids is 1. The van der Waals surface area contributed by atoms with Gasteiger partial charge in [0.05, 0.1) is 11.0 Å². The molecule has 9 nitrogen and oxygen atoms in total. The summed E-state index contributed by atoms with van der Waals surface area (Å²) in [6.07, 6.45) is 1.51. The molecule has 4 N–H and O–H groups in total. The van der Waals surface area contributed by atoms with E-state index >= 15 is 8.78 Å². The second kappa shape index (κ2) is 15.8. The first kappa shape index (κ1) is 40.0. The van der Waals surface area contributed by atoms with Gasteiger partial charge in [-0.1, -0.05) is 48.5 Å². The lowest BCUT2D eigenvalue weighted by Crippen LogP contribution is -2.60. The van der Waals surface area contributed by atoms with Gasteiger partial charge < -0.3 is 20.5 Å². The standard InChI is InChI=1S/C37H38F3N3O4S.C2HF3O2/c38-28-13-7-24(8-14-28)23-5-11-27(12-6-23)37(39,40)35(36(44)43-30-15-16-31(43)22-29(41)21-30)42-48(45,46)34-18-10-25-19-33(17-9-26(25)20-34)47-32-3-1-2-4-32;3-2(4,5)1(6)7/h5-14,17-20,29-32,35,42H,1-4,15-16,21-22,41H2;(H,6,7)/t29?,30?,31?,35-;/m0./s1. The number of carbonyl (C=O) groups excluding carboxylic acids is 1. The third-order valence-electron chi connectivity index (χ3n) is 10.3. The van der Waals surface area contributed by atoms with E-state index in [-0.39, 0.29) is 29.1 Å². The summed E-state index contributed by atoms with van der Waals surface area (Å²) in [6.45, 7) is 0. The van der Waals surface area contributed by atoms with Gasteiger partial charge in [-0.3, -0.25) is 4.79 Å². The lowest BCUT2D eigenvalue weighted by molar-refractivity contribution is -0.192. The summed E-state index contributed by atoms with van der Waals surface area (Å²) in [7, 11) is -4.60. The van der Waals surface area contributed by atoms with E-state index in [9.17, 15) is 30.8 Å². The van der Waals surface area contributed by atoms with Crippen LogP contribution in [0.25, 0.3) is 21.9 Å². The minimum atomic E-state index is -5.08. The number of benzene rings is 4. The highest BCUT2D eigenvalue weighted by Crippen LogP contribution is 2.40. The van der Waals surface area contributed by atoms with Crippen LogP contribution >= 0.6 is 0 Å². The smallest absolute Gasteiger partial charge is 0.490 e. The Hall–Kier alpha value is -4.67. The molecule has 0 radical (unpaired) electrons. The lowest BCUT2D eigenvalue weighted by atomic mass is 9.94. The summed E-state index contributed by atoms with van der Waals surface area (Å²) in [5, 5.41) is 8.45. The molecule has 1 saturated carbocycles. The first-order chi connectivity index (χ1) is 25.9. The van der Waals surface area contributed by atoms with Gasteiger partial charge in [-0.2, -0.15) is 26.7 Å². The molecule has 0 spiro atoms. The zero-order chi connectivity index (χ0) is 39.7. The van der Waals surface area contributed by atoms with Gasteiger partial charge in [0.25, 0.3) is 5.92 Å². The number of ether oxygens (including phenoxy) is 1. The van der Waals surface area contributed by atoms with E-state index in [1.54, 1.807) is 18.2 Å². The molecule has 3 fully saturated rings. The fraction of sp³-hybridized carbons (Fsp3) is 0.385. The topological polar surface area (TPSA) is 139 Å². The van der Waals surface area contributed by atoms with Crippen LogP contribution in [0.15, 0.2) is 89.8 Å². The third-order valence-corrected chi connectivity index (χ3v) is 11.7. The number of nitrogens with zero attached hydrogens (tertiary/aromatic N) is 1. The molecule has 3 atom stereocenters. The van der Waals surface area contributed by atoms with Crippen LogP contribution < -0.4 is 15.2 Å². The Bertz CT molecular complexity index is 2110.